The minimum atomic E-state index is -4.73. The molecule has 7 nitrogen and oxygen atoms in total. The molecule has 1 saturated carbocycles. The van der Waals surface area contributed by atoms with E-state index in [1.54, 1.807) is 0 Å². The summed E-state index contributed by atoms with van der Waals surface area (Å²) < 4.78 is 65.4. The van der Waals surface area contributed by atoms with Gasteiger partial charge in [0.25, 0.3) is 5.69 Å². The Labute approximate surface area is 148 Å². The van der Waals surface area contributed by atoms with Gasteiger partial charge in [0.2, 0.25) is 10.0 Å². The topological polar surface area (TPSA) is 92.6 Å². The van der Waals surface area contributed by atoms with Crippen molar-refractivity contribution in [2.45, 2.75) is 43.2 Å². The van der Waals surface area contributed by atoms with Crippen molar-refractivity contribution in [2.75, 3.05) is 18.4 Å². The number of benzene rings is 1. The van der Waals surface area contributed by atoms with Gasteiger partial charge in [-0.2, -0.15) is 13.2 Å². The predicted octanol–water partition coefficient (Wildman–Crippen LogP) is 2.98. The number of nitrogens with one attached hydrogen (secondary N) is 1. The Morgan fingerprint density at radius 3 is 2.27 bits per heavy atom. The van der Waals surface area contributed by atoms with Gasteiger partial charge in [-0.15, -0.1) is 0 Å². The quantitative estimate of drug-likeness (QED) is 0.613. The summed E-state index contributed by atoms with van der Waals surface area (Å²) >= 11 is 0. The first-order valence-electron chi connectivity index (χ1n) is 8.20. The number of hydrogen-bond acceptors (Lipinski definition) is 5. The fraction of sp³-hybridized carbons (Fsp3) is 0.600. The van der Waals surface area contributed by atoms with Gasteiger partial charge in [0.05, 0.1) is 15.7 Å². The highest BCUT2D eigenvalue weighted by molar-refractivity contribution is 7.90. The first-order valence-corrected chi connectivity index (χ1v) is 9.70. The van der Waals surface area contributed by atoms with Gasteiger partial charge in [0.15, 0.2) is 0 Å². The molecular weight excluding hydrogens is 375 g/mol. The van der Waals surface area contributed by atoms with Crippen molar-refractivity contribution in [3.63, 3.8) is 0 Å². The molecule has 1 aliphatic heterocycles. The second-order valence-corrected chi connectivity index (χ2v) is 8.76. The lowest BCUT2D eigenvalue weighted by Gasteiger charge is -2.32. The summed E-state index contributed by atoms with van der Waals surface area (Å²) in [4.78, 5) is 9.85. The Morgan fingerprint density at radius 1 is 1.15 bits per heavy atom. The Hall–Kier alpha value is -1.88. The number of nitro groups is 1. The minimum Gasteiger partial charge on any atom is -0.382 e. The van der Waals surface area contributed by atoms with Crippen LogP contribution in [0.4, 0.5) is 24.5 Å². The number of alkyl halides is 3. The smallest absolute Gasteiger partial charge is 0.382 e. The molecule has 26 heavy (non-hydrogen) atoms. The van der Waals surface area contributed by atoms with Gasteiger partial charge in [-0.25, -0.2) is 12.7 Å². The van der Waals surface area contributed by atoms with Gasteiger partial charge < -0.3 is 5.32 Å². The number of nitrogens with zero attached hydrogens (tertiary/aromatic N) is 2. The van der Waals surface area contributed by atoms with Crippen LogP contribution in [0.3, 0.4) is 0 Å². The third kappa shape index (κ3) is 3.93. The molecule has 144 valence electrons. The maximum Gasteiger partial charge on any atom is 0.418 e. The van der Waals surface area contributed by atoms with Gasteiger partial charge in [0, 0.05) is 37.0 Å². The van der Waals surface area contributed by atoms with E-state index in [2.05, 4.69) is 5.32 Å². The van der Waals surface area contributed by atoms with Gasteiger partial charge in [-0.3, -0.25) is 10.1 Å². The van der Waals surface area contributed by atoms with Crippen LogP contribution in [-0.4, -0.2) is 42.0 Å². The van der Waals surface area contributed by atoms with Crippen molar-refractivity contribution in [1.29, 1.82) is 0 Å². The number of halogens is 3. The second-order valence-electron chi connectivity index (χ2n) is 6.55. The number of sulfonamides is 1. The van der Waals surface area contributed by atoms with Crippen LogP contribution in [0.25, 0.3) is 0 Å². The van der Waals surface area contributed by atoms with E-state index >= 15 is 0 Å². The fourth-order valence-electron chi connectivity index (χ4n) is 3.06. The number of anilines is 1. The summed E-state index contributed by atoms with van der Waals surface area (Å²) in [5, 5.41) is 13.2. The molecule has 1 aromatic rings. The van der Waals surface area contributed by atoms with Crippen LogP contribution in [0.15, 0.2) is 18.2 Å². The lowest BCUT2D eigenvalue weighted by molar-refractivity contribution is -0.385. The van der Waals surface area contributed by atoms with Crippen molar-refractivity contribution >= 4 is 21.4 Å². The summed E-state index contributed by atoms with van der Waals surface area (Å²) in [7, 11) is -3.28. The summed E-state index contributed by atoms with van der Waals surface area (Å²) in [6.45, 7) is 0.510. The average Bonchev–Trinajstić information content (AvgIpc) is 3.40. The van der Waals surface area contributed by atoms with Crippen molar-refractivity contribution in [1.82, 2.24) is 4.31 Å². The molecule has 1 saturated heterocycles. The van der Waals surface area contributed by atoms with E-state index in [0.29, 0.717) is 31.7 Å². The number of non-ortho nitro benzene ring substituents is 1. The molecule has 2 aliphatic rings. The molecule has 1 aliphatic carbocycles. The molecule has 0 spiro atoms. The van der Waals surface area contributed by atoms with Gasteiger partial charge in [-0.1, -0.05) is 0 Å². The van der Waals surface area contributed by atoms with Crippen LogP contribution in [0.5, 0.6) is 0 Å². The van der Waals surface area contributed by atoms with Gasteiger partial charge in [-0.05, 0) is 31.7 Å². The molecule has 2 fully saturated rings. The zero-order valence-electron chi connectivity index (χ0n) is 13.7. The highest BCUT2D eigenvalue weighted by atomic mass is 32.2. The van der Waals surface area contributed by atoms with E-state index in [1.165, 1.54) is 4.31 Å². The SMILES string of the molecule is O=[N+]([O-])c1ccc(NC2CCN(S(=O)(=O)C3CC3)CC2)c(C(F)(F)F)c1. The summed E-state index contributed by atoms with van der Waals surface area (Å²) in [6, 6.07) is 2.25. The molecule has 1 N–H and O–H groups in total. The molecule has 0 bridgehead atoms. The summed E-state index contributed by atoms with van der Waals surface area (Å²) in [6.07, 6.45) is -2.65. The van der Waals surface area contributed by atoms with E-state index in [-0.39, 0.29) is 30.1 Å². The second kappa shape index (κ2) is 6.69. The lowest BCUT2D eigenvalue weighted by Crippen LogP contribution is -2.43. The highest BCUT2D eigenvalue weighted by Crippen LogP contribution is 2.38. The molecule has 0 amide bonds. The molecule has 1 heterocycles. The van der Waals surface area contributed by atoms with Crippen LogP contribution in [0, 0.1) is 10.1 Å². The van der Waals surface area contributed by atoms with Crippen molar-refractivity contribution in [3.8, 4) is 0 Å². The van der Waals surface area contributed by atoms with Crippen LogP contribution < -0.4 is 5.32 Å². The van der Waals surface area contributed by atoms with E-state index in [9.17, 15) is 31.7 Å². The largest absolute Gasteiger partial charge is 0.418 e. The molecule has 11 heteroatoms. The van der Waals surface area contributed by atoms with Crippen molar-refractivity contribution < 1.29 is 26.5 Å². The maximum absolute atomic E-state index is 13.2. The van der Waals surface area contributed by atoms with Crippen LogP contribution in [0.2, 0.25) is 0 Å². The van der Waals surface area contributed by atoms with Gasteiger partial charge in [0.1, 0.15) is 0 Å². The van der Waals surface area contributed by atoms with Gasteiger partial charge >= 0.3 is 6.18 Å². The number of rotatable bonds is 5. The standard InChI is InChI=1S/C15H18F3N3O4S/c16-15(17,18)13-9-11(21(22)23)1-4-14(13)19-10-5-7-20(8-6-10)26(24,25)12-2-3-12/h1,4,9-10,12,19H,2-3,5-8H2. The zero-order chi connectivity index (χ0) is 19.1. The van der Waals surface area contributed by atoms with E-state index in [1.807, 2.05) is 0 Å². The van der Waals surface area contributed by atoms with E-state index < -0.39 is 32.4 Å². The highest BCUT2D eigenvalue weighted by Gasteiger charge is 2.41. The molecule has 3 rings (SSSR count). The average molecular weight is 393 g/mol. The number of piperidine rings is 1. The van der Waals surface area contributed by atoms with E-state index in [4.69, 9.17) is 0 Å². The molecule has 1 aromatic carbocycles. The zero-order valence-corrected chi connectivity index (χ0v) is 14.5. The first kappa shape index (κ1) is 18.9. The maximum atomic E-state index is 13.2. The minimum absolute atomic E-state index is 0.230. The Balaban J connectivity index is 1.71. The Kier molecular flexibility index (Phi) is 4.86. The monoisotopic (exact) mass is 393 g/mol. The van der Waals surface area contributed by atoms with Crippen molar-refractivity contribution in [2.24, 2.45) is 0 Å². The molecule has 0 radical (unpaired) electrons. The van der Waals surface area contributed by atoms with Crippen LogP contribution in [0.1, 0.15) is 31.2 Å². The van der Waals surface area contributed by atoms with Crippen molar-refractivity contribution in [3.05, 3.63) is 33.9 Å². The van der Waals surface area contributed by atoms with Crippen LogP contribution in [-0.2, 0) is 16.2 Å². The first-order chi connectivity index (χ1) is 12.1. The Bertz CT molecular complexity index is 801. The normalized spacial score (nSPS) is 20.1. The molecule has 0 unspecified atom stereocenters. The van der Waals surface area contributed by atoms with E-state index in [0.717, 1.165) is 12.1 Å². The predicted molar refractivity (Wildman–Crippen MR) is 88.3 cm³/mol. The summed E-state index contributed by atoms with van der Waals surface area (Å²) in [5.74, 6) is 0. The molecule has 0 atom stereocenters. The number of nitro benzene ring substituents is 1. The third-order valence-corrected chi connectivity index (χ3v) is 7.04. The third-order valence-electron chi connectivity index (χ3n) is 4.64. The lowest BCUT2D eigenvalue weighted by atomic mass is 10.0. The number of hydrogen-bond donors (Lipinski definition) is 1. The summed E-state index contributed by atoms with van der Waals surface area (Å²) in [5.41, 5.74) is -1.96. The van der Waals surface area contributed by atoms with Crippen LogP contribution >= 0.6 is 0 Å². The fourth-order valence-corrected chi connectivity index (χ4v) is 4.93. The molecule has 0 aromatic heterocycles. The molecular formula is C15H18F3N3O4S. The Morgan fingerprint density at radius 2 is 1.77 bits per heavy atom.